The zero-order valence-electron chi connectivity index (χ0n) is 20.7. The number of imidazole rings is 1. The Balaban J connectivity index is 1.51. The fourth-order valence-electron chi connectivity index (χ4n) is 3.81. The molecule has 12 nitrogen and oxygen atoms in total. The number of hydrogen-bond donors (Lipinski definition) is 1. The zero-order valence-corrected chi connectivity index (χ0v) is 22.3. The van der Waals surface area contributed by atoms with E-state index in [9.17, 15) is 8.42 Å². The van der Waals surface area contributed by atoms with Crippen molar-refractivity contribution in [1.29, 1.82) is 0 Å². The molecule has 14 heteroatoms. The van der Waals surface area contributed by atoms with Crippen LogP contribution in [-0.2, 0) is 10.0 Å². The fraction of sp³-hybridized carbons (Fsp3) is 0.167. The van der Waals surface area contributed by atoms with E-state index < -0.39 is 10.0 Å². The molecule has 0 unspecified atom stereocenters. The van der Waals surface area contributed by atoms with Crippen LogP contribution in [0, 0.1) is 6.92 Å². The summed E-state index contributed by atoms with van der Waals surface area (Å²) in [6.45, 7) is 1.87. The smallest absolute Gasteiger partial charge is 0.284 e. The number of halogens is 1. The number of hydrogen-bond acceptors (Lipinski definition) is 10. The van der Waals surface area contributed by atoms with E-state index in [1.165, 1.54) is 39.7 Å². The van der Waals surface area contributed by atoms with Gasteiger partial charge < -0.3 is 24.1 Å². The third kappa shape index (κ3) is 4.46. The van der Waals surface area contributed by atoms with E-state index >= 15 is 0 Å². The van der Waals surface area contributed by atoms with Crippen molar-refractivity contribution in [2.24, 2.45) is 0 Å². The van der Waals surface area contributed by atoms with Gasteiger partial charge in [-0.25, -0.2) is 4.98 Å². The normalized spacial score (nSPS) is 11.5. The van der Waals surface area contributed by atoms with Crippen molar-refractivity contribution in [3.8, 4) is 22.9 Å². The molecule has 0 saturated heterocycles. The molecule has 38 heavy (non-hydrogen) atoms. The van der Waals surface area contributed by atoms with Crippen molar-refractivity contribution in [3.05, 3.63) is 66.0 Å². The highest BCUT2D eigenvalue weighted by Gasteiger charge is 2.24. The topological polar surface area (TPSA) is 135 Å². The average molecular weight is 556 g/mol. The molecule has 0 spiro atoms. The lowest BCUT2D eigenvalue weighted by atomic mass is 10.2. The van der Waals surface area contributed by atoms with Crippen LogP contribution < -0.4 is 19.5 Å². The average Bonchev–Trinajstić information content (AvgIpc) is 3.55. The molecule has 0 aliphatic carbocycles. The summed E-state index contributed by atoms with van der Waals surface area (Å²) in [5.41, 5.74) is 1.65. The molecule has 2 aromatic carbocycles. The fourth-order valence-corrected chi connectivity index (χ4v) is 5.19. The first-order valence-corrected chi connectivity index (χ1v) is 12.9. The molecule has 0 bridgehead atoms. The first-order chi connectivity index (χ1) is 18.2. The number of aryl methyl sites for hydroxylation is 1. The van der Waals surface area contributed by atoms with Gasteiger partial charge in [-0.15, -0.1) is 4.09 Å². The number of fused-ring (bicyclic) bond motifs is 1. The number of aromatic nitrogens is 6. The van der Waals surface area contributed by atoms with Gasteiger partial charge in [-0.3, -0.25) is 0 Å². The van der Waals surface area contributed by atoms with Crippen LogP contribution in [0.4, 0.5) is 11.6 Å². The number of ether oxygens (including phenoxy) is 3. The van der Waals surface area contributed by atoms with Crippen LogP contribution in [0.25, 0.3) is 16.7 Å². The van der Waals surface area contributed by atoms with Gasteiger partial charge in [0.15, 0.2) is 17.1 Å². The molecule has 0 radical (unpaired) electrons. The van der Waals surface area contributed by atoms with Gasteiger partial charge in [0.25, 0.3) is 10.0 Å². The van der Waals surface area contributed by atoms with Crippen LogP contribution in [0.2, 0.25) is 5.28 Å². The predicted octanol–water partition coefficient (Wildman–Crippen LogP) is 3.98. The van der Waals surface area contributed by atoms with E-state index in [0.717, 1.165) is 9.65 Å². The number of methoxy groups -OCH3 is 3. The summed E-state index contributed by atoms with van der Waals surface area (Å²) in [5, 5.41) is 7.32. The van der Waals surface area contributed by atoms with Crippen LogP contribution >= 0.6 is 11.6 Å². The maximum Gasteiger partial charge on any atom is 0.284 e. The monoisotopic (exact) mass is 555 g/mol. The van der Waals surface area contributed by atoms with E-state index in [-0.39, 0.29) is 21.6 Å². The predicted molar refractivity (Wildman–Crippen MR) is 141 cm³/mol. The number of rotatable bonds is 8. The van der Waals surface area contributed by atoms with Gasteiger partial charge in [0.1, 0.15) is 18.0 Å². The summed E-state index contributed by atoms with van der Waals surface area (Å²) in [5.74, 6) is 2.07. The molecular formula is C24H22ClN7O5S. The molecular weight excluding hydrogens is 534 g/mol. The molecule has 1 N–H and O–H groups in total. The van der Waals surface area contributed by atoms with Crippen LogP contribution in [0.3, 0.4) is 0 Å². The highest BCUT2D eigenvalue weighted by Crippen LogP contribution is 2.39. The molecule has 3 aromatic heterocycles. The Morgan fingerprint density at radius 3 is 2.29 bits per heavy atom. The lowest BCUT2D eigenvalue weighted by Crippen LogP contribution is -2.15. The summed E-state index contributed by atoms with van der Waals surface area (Å²) in [6.07, 6.45) is 4.64. The molecule has 0 amide bonds. The minimum Gasteiger partial charge on any atom is -0.493 e. The summed E-state index contributed by atoms with van der Waals surface area (Å²) >= 11 is 6.17. The maximum atomic E-state index is 13.2. The Bertz CT molecular complexity index is 1730. The van der Waals surface area contributed by atoms with Gasteiger partial charge in [0.2, 0.25) is 11.0 Å². The van der Waals surface area contributed by atoms with Crippen molar-refractivity contribution >= 4 is 44.3 Å². The van der Waals surface area contributed by atoms with Crippen LogP contribution in [-0.4, -0.2) is 58.5 Å². The SMILES string of the molecule is COc1cc(-n2cnc(Nc3nc(Cl)nc4c3cnn4S(=O)(=O)c3ccc(C)cc3)c2)cc(OC)c1OC. The highest BCUT2D eigenvalue weighted by molar-refractivity contribution is 7.90. The standard InChI is InChI=1S/C24H22ClN7O5S/c1-14-5-7-16(8-6-14)38(33,34)32-23-17(11-27-32)22(29-24(25)30-23)28-20-12-31(13-26-20)15-9-18(35-2)21(37-4)19(10-15)36-3/h5-13H,1-4H3,(H,28,29,30). The first kappa shape index (κ1) is 25.3. The molecule has 0 aliphatic heterocycles. The number of benzene rings is 2. The number of nitrogens with one attached hydrogen (secondary N) is 1. The van der Waals surface area contributed by atoms with Crippen LogP contribution in [0.1, 0.15) is 5.56 Å². The molecule has 5 aromatic rings. The van der Waals surface area contributed by atoms with Gasteiger partial charge in [-0.05, 0) is 30.7 Å². The quantitative estimate of drug-likeness (QED) is 0.280. The Labute approximate surface area is 222 Å². The van der Waals surface area contributed by atoms with Crippen molar-refractivity contribution in [2.45, 2.75) is 11.8 Å². The largest absolute Gasteiger partial charge is 0.493 e. The van der Waals surface area contributed by atoms with Crippen molar-refractivity contribution in [1.82, 2.24) is 28.7 Å². The highest BCUT2D eigenvalue weighted by atomic mass is 35.5. The van der Waals surface area contributed by atoms with Gasteiger partial charge in [-0.1, -0.05) is 17.7 Å². The summed E-state index contributed by atoms with van der Waals surface area (Å²) < 4.78 is 45.3. The molecule has 196 valence electrons. The van der Waals surface area contributed by atoms with Crippen molar-refractivity contribution in [3.63, 3.8) is 0 Å². The lowest BCUT2D eigenvalue weighted by molar-refractivity contribution is 0.324. The Hall–Kier alpha value is -4.36. The second-order valence-electron chi connectivity index (χ2n) is 8.06. The van der Waals surface area contributed by atoms with Crippen LogP contribution in [0.5, 0.6) is 17.2 Å². The number of anilines is 2. The molecule has 0 aliphatic rings. The van der Waals surface area contributed by atoms with Gasteiger partial charge >= 0.3 is 0 Å². The minimum absolute atomic E-state index is 0.0251. The van der Waals surface area contributed by atoms with Crippen molar-refractivity contribution in [2.75, 3.05) is 26.6 Å². The summed E-state index contributed by atoms with van der Waals surface area (Å²) in [4.78, 5) is 12.8. The second kappa shape index (κ2) is 9.84. The molecule has 0 atom stereocenters. The van der Waals surface area contributed by atoms with E-state index in [1.807, 2.05) is 6.92 Å². The van der Waals surface area contributed by atoms with Crippen molar-refractivity contribution < 1.29 is 22.6 Å². The second-order valence-corrected chi connectivity index (χ2v) is 10.2. The van der Waals surface area contributed by atoms with Crippen LogP contribution in [0.15, 0.2) is 60.0 Å². The van der Waals surface area contributed by atoms with E-state index in [1.54, 1.807) is 41.4 Å². The van der Waals surface area contributed by atoms with E-state index in [2.05, 4.69) is 25.4 Å². The summed E-state index contributed by atoms with van der Waals surface area (Å²) in [6, 6.07) is 9.97. The Morgan fingerprint density at radius 2 is 1.66 bits per heavy atom. The van der Waals surface area contributed by atoms with E-state index in [0.29, 0.717) is 34.1 Å². The summed E-state index contributed by atoms with van der Waals surface area (Å²) in [7, 11) is 0.574. The Morgan fingerprint density at radius 1 is 0.974 bits per heavy atom. The maximum absolute atomic E-state index is 13.2. The molecule has 0 fully saturated rings. The van der Waals surface area contributed by atoms with Gasteiger partial charge in [0, 0.05) is 12.1 Å². The van der Waals surface area contributed by atoms with E-state index in [4.69, 9.17) is 25.8 Å². The zero-order chi connectivity index (χ0) is 27.0. The third-order valence-corrected chi connectivity index (χ3v) is 7.45. The molecule has 0 saturated carbocycles. The Kier molecular flexibility index (Phi) is 6.55. The first-order valence-electron chi connectivity index (χ1n) is 11.1. The number of nitrogens with zero attached hydrogens (tertiary/aromatic N) is 6. The molecule has 5 rings (SSSR count). The minimum atomic E-state index is -4.02. The lowest BCUT2D eigenvalue weighted by Gasteiger charge is -2.14. The van der Waals surface area contributed by atoms with Gasteiger partial charge in [-0.2, -0.15) is 23.5 Å². The van der Waals surface area contributed by atoms with Gasteiger partial charge in [0.05, 0.1) is 49.7 Å². The third-order valence-electron chi connectivity index (χ3n) is 5.69. The molecule has 3 heterocycles.